The third-order valence-corrected chi connectivity index (χ3v) is 3.85. The van der Waals surface area contributed by atoms with Crippen molar-refractivity contribution in [2.24, 2.45) is 0 Å². The summed E-state index contributed by atoms with van der Waals surface area (Å²) >= 11 is 8.15. The fraction of sp³-hybridized carbons (Fsp3) is 0. The average molecular weight is 348 g/mol. The van der Waals surface area contributed by atoms with Crippen LogP contribution in [-0.4, -0.2) is 16.3 Å². The van der Waals surface area contributed by atoms with Gasteiger partial charge in [-0.1, -0.05) is 0 Å². The standard InChI is InChI=1S/C9H4Br2N2OS/c10-6-2-12-3-7(11)8(6)9-13-1-5(4-14)15-9/h1-4H. The fourth-order valence-corrected chi connectivity index (χ4v) is 3.44. The Morgan fingerprint density at radius 2 is 1.87 bits per heavy atom. The quantitative estimate of drug-likeness (QED) is 0.780. The first-order valence-electron chi connectivity index (χ1n) is 3.92. The van der Waals surface area contributed by atoms with Crippen LogP contribution in [0.2, 0.25) is 0 Å². The van der Waals surface area contributed by atoms with Gasteiger partial charge in [-0.2, -0.15) is 0 Å². The summed E-state index contributed by atoms with van der Waals surface area (Å²) in [4.78, 5) is 19.4. The zero-order chi connectivity index (χ0) is 10.8. The third-order valence-electron chi connectivity index (χ3n) is 1.71. The average Bonchev–Trinajstić information content (AvgIpc) is 2.66. The van der Waals surface area contributed by atoms with E-state index in [1.54, 1.807) is 18.6 Å². The van der Waals surface area contributed by atoms with E-state index in [1.807, 2.05) is 0 Å². The van der Waals surface area contributed by atoms with Gasteiger partial charge in [0.15, 0.2) is 6.29 Å². The second kappa shape index (κ2) is 4.51. The molecule has 0 radical (unpaired) electrons. The molecule has 0 bridgehead atoms. The molecule has 2 rings (SSSR count). The predicted octanol–water partition coefficient (Wildman–Crippen LogP) is 3.54. The van der Waals surface area contributed by atoms with Crippen LogP contribution in [0.25, 0.3) is 10.6 Å². The molecule has 15 heavy (non-hydrogen) atoms. The first-order valence-corrected chi connectivity index (χ1v) is 6.33. The highest BCUT2D eigenvalue weighted by molar-refractivity contribution is 9.11. The summed E-state index contributed by atoms with van der Waals surface area (Å²) < 4.78 is 1.70. The topological polar surface area (TPSA) is 42.9 Å². The molecule has 0 unspecified atom stereocenters. The Balaban J connectivity index is 2.58. The van der Waals surface area contributed by atoms with E-state index < -0.39 is 0 Å². The SMILES string of the molecule is O=Cc1cnc(-c2c(Br)cncc2Br)s1. The first-order chi connectivity index (χ1) is 7.22. The number of aromatic nitrogens is 2. The van der Waals surface area contributed by atoms with Crippen LogP contribution in [-0.2, 0) is 0 Å². The van der Waals surface area contributed by atoms with Gasteiger partial charge in [0, 0.05) is 33.1 Å². The summed E-state index contributed by atoms with van der Waals surface area (Å²) in [6.45, 7) is 0. The van der Waals surface area contributed by atoms with Crippen molar-refractivity contribution in [1.29, 1.82) is 0 Å². The zero-order valence-electron chi connectivity index (χ0n) is 7.28. The van der Waals surface area contributed by atoms with Crippen LogP contribution < -0.4 is 0 Å². The molecule has 0 amide bonds. The van der Waals surface area contributed by atoms with Crippen molar-refractivity contribution in [2.75, 3.05) is 0 Å². The summed E-state index contributed by atoms with van der Waals surface area (Å²) in [7, 11) is 0. The molecular formula is C9H4Br2N2OS. The van der Waals surface area contributed by atoms with E-state index in [0.29, 0.717) is 4.88 Å². The minimum Gasteiger partial charge on any atom is -0.297 e. The van der Waals surface area contributed by atoms with Crippen molar-refractivity contribution in [2.45, 2.75) is 0 Å². The highest BCUT2D eigenvalue weighted by Crippen LogP contribution is 2.35. The molecule has 0 N–H and O–H groups in total. The van der Waals surface area contributed by atoms with Gasteiger partial charge in [0.05, 0.1) is 4.88 Å². The molecule has 0 aliphatic rings. The highest BCUT2D eigenvalue weighted by atomic mass is 79.9. The maximum Gasteiger partial charge on any atom is 0.161 e. The van der Waals surface area contributed by atoms with Gasteiger partial charge in [0.25, 0.3) is 0 Å². The molecule has 0 spiro atoms. The van der Waals surface area contributed by atoms with Crippen LogP contribution in [0.1, 0.15) is 9.67 Å². The Morgan fingerprint density at radius 3 is 2.40 bits per heavy atom. The lowest BCUT2D eigenvalue weighted by Gasteiger charge is -2.01. The Kier molecular flexibility index (Phi) is 3.28. The number of rotatable bonds is 2. The van der Waals surface area contributed by atoms with Crippen LogP contribution in [0.5, 0.6) is 0 Å². The van der Waals surface area contributed by atoms with E-state index in [4.69, 9.17) is 0 Å². The van der Waals surface area contributed by atoms with Gasteiger partial charge in [-0.3, -0.25) is 9.78 Å². The maximum absolute atomic E-state index is 10.6. The number of thiazole rings is 1. The Morgan fingerprint density at radius 1 is 1.20 bits per heavy atom. The molecular weight excluding hydrogens is 344 g/mol. The molecule has 76 valence electrons. The molecule has 6 heteroatoms. The smallest absolute Gasteiger partial charge is 0.161 e. The van der Waals surface area contributed by atoms with Gasteiger partial charge in [-0.15, -0.1) is 11.3 Å². The Labute approximate surface area is 107 Å². The molecule has 0 saturated heterocycles. The van der Waals surface area contributed by atoms with E-state index in [-0.39, 0.29) is 0 Å². The Hall–Kier alpha value is -0.590. The van der Waals surface area contributed by atoms with Crippen molar-refractivity contribution in [3.05, 3.63) is 32.4 Å². The lowest BCUT2D eigenvalue weighted by Crippen LogP contribution is -1.82. The van der Waals surface area contributed by atoms with Crippen molar-refractivity contribution in [1.82, 2.24) is 9.97 Å². The number of halogens is 2. The van der Waals surface area contributed by atoms with Gasteiger partial charge < -0.3 is 0 Å². The zero-order valence-corrected chi connectivity index (χ0v) is 11.3. The second-order valence-corrected chi connectivity index (χ2v) is 5.43. The lowest BCUT2D eigenvalue weighted by atomic mass is 10.3. The number of nitrogens with zero attached hydrogens (tertiary/aromatic N) is 2. The summed E-state index contributed by atoms with van der Waals surface area (Å²) in [5.41, 5.74) is 0.920. The normalized spacial score (nSPS) is 10.3. The largest absolute Gasteiger partial charge is 0.297 e. The molecule has 0 saturated carbocycles. The van der Waals surface area contributed by atoms with Crippen molar-refractivity contribution < 1.29 is 4.79 Å². The maximum atomic E-state index is 10.6. The molecule has 0 atom stereocenters. The molecule has 2 aromatic heterocycles. The minimum absolute atomic E-state index is 0.612. The van der Waals surface area contributed by atoms with E-state index in [0.717, 1.165) is 25.8 Å². The second-order valence-electron chi connectivity index (χ2n) is 2.66. The molecule has 2 heterocycles. The fourth-order valence-electron chi connectivity index (χ4n) is 1.07. The molecule has 0 aliphatic heterocycles. The van der Waals surface area contributed by atoms with Crippen molar-refractivity contribution in [3.8, 4) is 10.6 Å². The van der Waals surface area contributed by atoms with Crippen LogP contribution in [0.15, 0.2) is 27.5 Å². The van der Waals surface area contributed by atoms with Crippen molar-refractivity contribution >= 4 is 49.5 Å². The monoisotopic (exact) mass is 346 g/mol. The third kappa shape index (κ3) is 2.16. The number of carbonyl (C=O) groups excluding carboxylic acids is 1. The number of hydrogen-bond donors (Lipinski definition) is 0. The van der Waals surface area contributed by atoms with Crippen molar-refractivity contribution in [3.63, 3.8) is 0 Å². The molecule has 0 aromatic carbocycles. The molecule has 0 aliphatic carbocycles. The van der Waals surface area contributed by atoms with E-state index in [1.165, 1.54) is 11.3 Å². The van der Waals surface area contributed by atoms with Crippen LogP contribution in [0.4, 0.5) is 0 Å². The molecule has 3 nitrogen and oxygen atoms in total. The van der Waals surface area contributed by atoms with Gasteiger partial charge >= 0.3 is 0 Å². The molecule has 0 fully saturated rings. The predicted molar refractivity (Wildman–Crippen MR) is 66.1 cm³/mol. The van der Waals surface area contributed by atoms with Crippen LogP contribution in [0, 0.1) is 0 Å². The lowest BCUT2D eigenvalue weighted by molar-refractivity contribution is 0.112. The van der Waals surface area contributed by atoms with E-state index >= 15 is 0 Å². The van der Waals surface area contributed by atoms with Gasteiger partial charge in [0.1, 0.15) is 5.01 Å². The van der Waals surface area contributed by atoms with E-state index in [2.05, 4.69) is 41.8 Å². The summed E-state index contributed by atoms with van der Waals surface area (Å²) in [6, 6.07) is 0. The number of carbonyl (C=O) groups is 1. The van der Waals surface area contributed by atoms with Crippen LogP contribution in [0.3, 0.4) is 0 Å². The minimum atomic E-state index is 0.612. The van der Waals surface area contributed by atoms with Gasteiger partial charge in [0.2, 0.25) is 0 Å². The summed E-state index contributed by atoms with van der Waals surface area (Å²) in [6.07, 6.45) is 5.75. The van der Waals surface area contributed by atoms with E-state index in [9.17, 15) is 4.79 Å². The summed E-state index contributed by atoms with van der Waals surface area (Å²) in [5, 5.41) is 0.790. The summed E-state index contributed by atoms with van der Waals surface area (Å²) in [5.74, 6) is 0. The van der Waals surface area contributed by atoms with Gasteiger partial charge in [-0.05, 0) is 31.9 Å². The highest BCUT2D eigenvalue weighted by Gasteiger charge is 2.11. The number of aldehydes is 1. The van der Waals surface area contributed by atoms with Crippen LogP contribution >= 0.6 is 43.2 Å². The number of hydrogen-bond acceptors (Lipinski definition) is 4. The first kappa shape index (κ1) is 10.9. The van der Waals surface area contributed by atoms with Gasteiger partial charge in [-0.25, -0.2) is 4.98 Å². The molecule has 2 aromatic rings. The Bertz CT molecular complexity index is 492. The number of pyridine rings is 1.